The molecule has 0 aromatic heterocycles. The normalized spacial score (nSPS) is 17.4. The van der Waals surface area contributed by atoms with E-state index >= 15 is 0 Å². The molecule has 0 spiro atoms. The van der Waals surface area contributed by atoms with Crippen LogP contribution in [0, 0.1) is 5.92 Å². The van der Waals surface area contributed by atoms with Crippen molar-refractivity contribution in [3.05, 3.63) is 17.7 Å². The van der Waals surface area contributed by atoms with Crippen LogP contribution in [0.25, 0.3) is 0 Å². The lowest BCUT2D eigenvalue weighted by Crippen LogP contribution is -2.30. The maximum atomic E-state index is 5.40. The Morgan fingerprint density at radius 1 is 1.00 bits per heavy atom. The molecule has 1 N–H and O–H groups in total. The Morgan fingerprint density at radius 3 is 1.95 bits per heavy atom. The van der Waals surface area contributed by atoms with Gasteiger partial charge in [-0.3, -0.25) is 0 Å². The third-order valence-electron chi connectivity index (χ3n) is 4.03. The predicted octanol–water partition coefficient (Wildman–Crippen LogP) is 3.16. The smallest absolute Gasteiger partial charge is 0.203 e. The summed E-state index contributed by atoms with van der Waals surface area (Å²) in [5.74, 6) is 2.88. The zero-order valence-electron chi connectivity index (χ0n) is 13.0. The fourth-order valence-corrected chi connectivity index (χ4v) is 2.57. The number of rotatable bonds is 7. The van der Waals surface area contributed by atoms with Crippen LogP contribution < -0.4 is 19.5 Å². The van der Waals surface area contributed by atoms with Crippen LogP contribution in [0.5, 0.6) is 17.2 Å². The van der Waals surface area contributed by atoms with Crippen LogP contribution >= 0.6 is 0 Å². The minimum absolute atomic E-state index is 0.249. The molecule has 4 nitrogen and oxygen atoms in total. The van der Waals surface area contributed by atoms with Gasteiger partial charge in [0, 0.05) is 12.1 Å². The molecule has 2 rings (SSSR count). The molecule has 2 atom stereocenters. The van der Waals surface area contributed by atoms with Crippen molar-refractivity contribution in [1.82, 2.24) is 5.32 Å². The molecule has 1 aromatic carbocycles. The van der Waals surface area contributed by atoms with E-state index in [0.29, 0.717) is 23.3 Å². The summed E-state index contributed by atoms with van der Waals surface area (Å²) in [6.45, 7) is 4.42. The van der Waals surface area contributed by atoms with E-state index in [1.165, 1.54) is 12.8 Å². The van der Waals surface area contributed by atoms with Gasteiger partial charge in [-0.1, -0.05) is 0 Å². The molecule has 1 aromatic rings. The number of methoxy groups -OCH3 is 3. The first-order valence-electron chi connectivity index (χ1n) is 7.16. The van der Waals surface area contributed by atoms with E-state index in [-0.39, 0.29) is 6.04 Å². The Kier molecular flexibility index (Phi) is 4.76. The van der Waals surface area contributed by atoms with Gasteiger partial charge in [-0.15, -0.1) is 0 Å². The van der Waals surface area contributed by atoms with Gasteiger partial charge in [0.05, 0.1) is 21.3 Å². The fraction of sp³-hybridized carbons (Fsp3) is 0.625. The molecule has 2 unspecified atom stereocenters. The third-order valence-corrected chi connectivity index (χ3v) is 4.03. The van der Waals surface area contributed by atoms with Crippen LogP contribution in [0.4, 0.5) is 0 Å². The van der Waals surface area contributed by atoms with Gasteiger partial charge >= 0.3 is 0 Å². The summed E-state index contributed by atoms with van der Waals surface area (Å²) >= 11 is 0. The van der Waals surface area contributed by atoms with E-state index in [1.807, 2.05) is 12.1 Å². The molecule has 0 bridgehead atoms. The predicted molar refractivity (Wildman–Crippen MR) is 79.8 cm³/mol. The van der Waals surface area contributed by atoms with Gasteiger partial charge in [-0.2, -0.15) is 0 Å². The maximum Gasteiger partial charge on any atom is 0.203 e. The second-order valence-corrected chi connectivity index (χ2v) is 5.47. The molecule has 112 valence electrons. The van der Waals surface area contributed by atoms with E-state index in [4.69, 9.17) is 14.2 Å². The molecule has 1 aliphatic rings. The molecule has 0 saturated heterocycles. The topological polar surface area (TPSA) is 39.7 Å². The Morgan fingerprint density at radius 2 is 1.55 bits per heavy atom. The molecular weight excluding hydrogens is 254 g/mol. The molecule has 20 heavy (non-hydrogen) atoms. The summed E-state index contributed by atoms with van der Waals surface area (Å²) in [5.41, 5.74) is 1.15. The highest BCUT2D eigenvalue weighted by molar-refractivity contribution is 5.54. The van der Waals surface area contributed by atoms with Gasteiger partial charge < -0.3 is 19.5 Å². The molecule has 0 aliphatic heterocycles. The largest absolute Gasteiger partial charge is 0.493 e. The minimum atomic E-state index is 0.249. The second-order valence-electron chi connectivity index (χ2n) is 5.47. The van der Waals surface area contributed by atoms with Gasteiger partial charge in [0.25, 0.3) is 0 Å². The molecule has 1 saturated carbocycles. The zero-order chi connectivity index (χ0) is 14.7. The van der Waals surface area contributed by atoms with E-state index in [0.717, 1.165) is 11.5 Å². The van der Waals surface area contributed by atoms with Crippen molar-refractivity contribution in [1.29, 1.82) is 0 Å². The average molecular weight is 279 g/mol. The van der Waals surface area contributed by atoms with Gasteiger partial charge in [-0.05, 0) is 50.3 Å². The highest BCUT2D eigenvalue weighted by atomic mass is 16.5. The zero-order valence-corrected chi connectivity index (χ0v) is 13.0. The van der Waals surface area contributed by atoms with Crippen LogP contribution in [0.3, 0.4) is 0 Å². The van der Waals surface area contributed by atoms with Crippen molar-refractivity contribution >= 4 is 0 Å². The summed E-state index contributed by atoms with van der Waals surface area (Å²) in [7, 11) is 4.91. The van der Waals surface area contributed by atoms with Crippen molar-refractivity contribution in [3.63, 3.8) is 0 Å². The van der Waals surface area contributed by atoms with Crippen LogP contribution in [0.2, 0.25) is 0 Å². The number of hydrogen-bond acceptors (Lipinski definition) is 4. The lowest BCUT2D eigenvalue weighted by molar-refractivity contribution is 0.322. The Balaban J connectivity index is 2.21. The molecule has 1 fully saturated rings. The standard InChI is InChI=1S/C16H25NO3/c1-10(12-6-7-12)17-11(2)13-8-14(18-3)16(20-5)15(9-13)19-4/h8-12,17H,6-7H2,1-5H3. The highest BCUT2D eigenvalue weighted by Gasteiger charge is 2.29. The summed E-state index contributed by atoms with van der Waals surface area (Å²) in [4.78, 5) is 0. The Labute approximate surface area is 121 Å². The van der Waals surface area contributed by atoms with Crippen LogP contribution in [0.1, 0.15) is 38.3 Å². The van der Waals surface area contributed by atoms with Crippen molar-refractivity contribution in [2.45, 2.75) is 38.8 Å². The first-order chi connectivity index (χ1) is 9.60. The monoisotopic (exact) mass is 279 g/mol. The molecule has 1 aliphatic carbocycles. The quantitative estimate of drug-likeness (QED) is 0.832. The third kappa shape index (κ3) is 3.18. The summed E-state index contributed by atoms with van der Waals surface area (Å²) in [6.07, 6.45) is 2.69. The average Bonchev–Trinajstić information content (AvgIpc) is 3.29. The van der Waals surface area contributed by atoms with Crippen LogP contribution in [-0.4, -0.2) is 27.4 Å². The van der Waals surface area contributed by atoms with Gasteiger partial charge in [-0.25, -0.2) is 0 Å². The maximum absolute atomic E-state index is 5.40. The van der Waals surface area contributed by atoms with Crippen molar-refractivity contribution in [2.75, 3.05) is 21.3 Å². The molecule has 0 radical (unpaired) electrons. The van der Waals surface area contributed by atoms with Gasteiger partial charge in [0.15, 0.2) is 11.5 Å². The Bertz CT molecular complexity index is 432. The second kappa shape index (κ2) is 6.35. The number of hydrogen-bond donors (Lipinski definition) is 1. The lowest BCUT2D eigenvalue weighted by Gasteiger charge is -2.22. The van der Waals surface area contributed by atoms with Gasteiger partial charge in [0.2, 0.25) is 5.75 Å². The SMILES string of the molecule is COc1cc(C(C)NC(C)C2CC2)cc(OC)c1OC. The molecule has 4 heteroatoms. The summed E-state index contributed by atoms with van der Waals surface area (Å²) in [6, 6.07) is 4.82. The Hall–Kier alpha value is -1.42. The van der Waals surface area contributed by atoms with Crippen LogP contribution in [0.15, 0.2) is 12.1 Å². The van der Waals surface area contributed by atoms with E-state index < -0.39 is 0 Å². The highest BCUT2D eigenvalue weighted by Crippen LogP contribution is 2.40. The lowest BCUT2D eigenvalue weighted by atomic mass is 10.0. The first-order valence-corrected chi connectivity index (χ1v) is 7.16. The van der Waals surface area contributed by atoms with Crippen molar-refractivity contribution in [3.8, 4) is 17.2 Å². The number of benzene rings is 1. The fourth-order valence-electron chi connectivity index (χ4n) is 2.57. The number of nitrogens with one attached hydrogen (secondary N) is 1. The molecule has 0 amide bonds. The van der Waals surface area contributed by atoms with Crippen molar-refractivity contribution < 1.29 is 14.2 Å². The van der Waals surface area contributed by atoms with Crippen molar-refractivity contribution in [2.24, 2.45) is 5.92 Å². The van der Waals surface area contributed by atoms with Crippen LogP contribution in [-0.2, 0) is 0 Å². The molecule has 0 heterocycles. The summed E-state index contributed by atoms with van der Waals surface area (Å²) in [5, 5.41) is 3.65. The number of ether oxygens (including phenoxy) is 3. The van der Waals surface area contributed by atoms with E-state index in [2.05, 4.69) is 19.2 Å². The summed E-state index contributed by atoms with van der Waals surface area (Å²) < 4.78 is 16.2. The van der Waals surface area contributed by atoms with E-state index in [9.17, 15) is 0 Å². The molecular formula is C16H25NO3. The minimum Gasteiger partial charge on any atom is -0.493 e. The first kappa shape index (κ1) is 15.0. The van der Waals surface area contributed by atoms with Gasteiger partial charge in [0.1, 0.15) is 0 Å². The van der Waals surface area contributed by atoms with E-state index in [1.54, 1.807) is 21.3 Å².